The van der Waals surface area contributed by atoms with Crippen molar-refractivity contribution in [3.8, 4) is 0 Å². The molecule has 0 spiro atoms. The Morgan fingerprint density at radius 3 is 0.804 bits per heavy atom. The SMILES string of the molecule is CC/C=C\C/C=C\C/C=C\C/C=C\CCCCCCCCC(=O)OCC(COP(=O)(O)OCC(O)COP(=O)(O)OCC(COC(=O)CCCCCCC/C=C\CCCCCC)OC(=O)CCCCCCCCCCCCCCC)OC(=O)CCCCCC/C=C\C/C=C\C/C=C\C/C=C\CC. The highest BCUT2D eigenvalue weighted by Gasteiger charge is 2.30. The number of hydrogen-bond donors (Lipinski definition) is 3. The van der Waals surface area contributed by atoms with Crippen LogP contribution in [-0.4, -0.2) is 96.7 Å². The highest BCUT2D eigenvalue weighted by molar-refractivity contribution is 7.47. The summed E-state index contributed by atoms with van der Waals surface area (Å²) in [6, 6.07) is 0. The van der Waals surface area contributed by atoms with Gasteiger partial charge in [0.05, 0.1) is 26.4 Å². The van der Waals surface area contributed by atoms with Crippen LogP contribution in [0.3, 0.4) is 0 Å². The Labute approximate surface area is 619 Å². The van der Waals surface area contributed by atoms with Crippen molar-refractivity contribution in [2.24, 2.45) is 0 Å². The molecule has 0 aliphatic carbocycles. The van der Waals surface area contributed by atoms with Gasteiger partial charge in [-0.05, 0) is 128 Å². The van der Waals surface area contributed by atoms with Gasteiger partial charge >= 0.3 is 39.5 Å². The summed E-state index contributed by atoms with van der Waals surface area (Å²) < 4.78 is 68.6. The molecule has 102 heavy (non-hydrogen) atoms. The molecule has 5 unspecified atom stereocenters. The average molecular weight is 1480 g/mol. The number of rotatable bonds is 75. The van der Waals surface area contributed by atoms with Crippen LogP contribution in [0.1, 0.15) is 336 Å². The van der Waals surface area contributed by atoms with E-state index in [1.807, 2.05) is 0 Å². The minimum absolute atomic E-state index is 0.0623. The number of carbonyl (C=O) groups is 4. The van der Waals surface area contributed by atoms with Gasteiger partial charge in [0.25, 0.3) is 0 Å². The number of allylic oxidation sites excluding steroid dienone is 18. The fourth-order valence-corrected chi connectivity index (χ4v) is 12.2. The summed E-state index contributed by atoms with van der Waals surface area (Å²) in [7, 11) is -9.96. The maximum absolute atomic E-state index is 13.1. The summed E-state index contributed by atoms with van der Waals surface area (Å²) in [5, 5.41) is 10.6. The van der Waals surface area contributed by atoms with Gasteiger partial charge in [-0.2, -0.15) is 0 Å². The van der Waals surface area contributed by atoms with E-state index in [1.165, 1.54) is 77.0 Å². The molecule has 0 aromatic rings. The molecule has 5 atom stereocenters. The molecular formula is C83H144O17P2. The lowest BCUT2D eigenvalue weighted by Crippen LogP contribution is -2.30. The summed E-state index contributed by atoms with van der Waals surface area (Å²) >= 11 is 0. The monoisotopic (exact) mass is 1470 g/mol. The maximum atomic E-state index is 13.1. The Kier molecular flexibility index (Phi) is 71.8. The molecule has 0 amide bonds. The lowest BCUT2D eigenvalue weighted by Gasteiger charge is -2.21. The minimum atomic E-state index is -4.99. The molecule has 0 aliphatic heterocycles. The van der Waals surface area contributed by atoms with Gasteiger partial charge in [0.1, 0.15) is 19.3 Å². The van der Waals surface area contributed by atoms with Crippen molar-refractivity contribution < 1.29 is 80.2 Å². The van der Waals surface area contributed by atoms with Gasteiger partial charge in [0, 0.05) is 25.7 Å². The molecule has 0 aromatic heterocycles. The average Bonchev–Trinajstić information content (AvgIpc) is 0.923. The highest BCUT2D eigenvalue weighted by Crippen LogP contribution is 2.45. The first kappa shape index (κ1) is 97.7. The van der Waals surface area contributed by atoms with E-state index in [0.717, 1.165) is 180 Å². The van der Waals surface area contributed by atoms with Gasteiger partial charge < -0.3 is 33.8 Å². The van der Waals surface area contributed by atoms with Crippen molar-refractivity contribution in [1.82, 2.24) is 0 Å². The van der Waals surface area contributed by atoms with Crippen LogP contribution in [0.4, 0.5) is 0 Å². The molecule has 17 nitrogen and oxygen atoms in total. The molecule has 0 saturated carbocycles. The van der Waals surface area contributed by atoms with Gasteiger partial charge in [-0.1, -0.05) is 291 Å². The molecule has 0 aliphatic rings. The fourth-order valence-electron chi connectivity index (χ4n) is 10.7. The molecule has 0 aromatic carbocycles. The molecule has 0 saturated heterocycles. The Morgan fingerprint density at radius 1 is 0.284 bits per heavy atom. The fraction of sp³-hybridized carbons (Fsp3) is 0.735. The third-order valence-corrected chi connectivity index (χ3v) is 18.6. The largest absolute Gasteiger partial charge is 0.472 e. The second-order valence-electron chi connectivity index (χ2n) is 26.6. The molecule has 19 heteroatoms. The van der Waals surface area contributed by atoms with Crippen molar-refractivity contribution >= 4 is 39.5 Å². The number of phosphoric ester groups is 2. The van der Waals surface area contributed by atoms with E-state index in [4.69, 9.17) is 37.0 Å². The Bertz CT molecular complexity index is 2360. The van der Waals surface area contributed by atoms with Crippen molar-refractivity contribution in [3.63, 3.8) is 0 Å². The van der Waals surface area contributed by atoms with Crippen molar-refractivity contribution in [3.05, 3.63) is 109 Å². The molecule has 0 bridgehead atoms. The Hall–Kier alpha value is -4.28. The first-order valence-electron chi connectivity index (χ1n) is 40.1. The number of hydrogen-bond acceptors (Lipinski definition) is 15. The van der Waals surface area contributed by atoms with Gasteiger partial charge in [-0.25, -0.2) is 9.13 Å². The smallest absolute Gasteiger partial charge is 0.462 e. The first-order chi connectivity index (χ1) is 49.7. The van der Waals surface area contributed by atoms with Gasteiger partial charge in [0.15, 0.2) is 12.2 Å². The van der Waals surface area contributed by atoms with Crippen LogP contribution in [0.5, 0.6) is 0 Å². The van der Waals surface area contributed by atoms with Crippen molar-refractivity contribution in [2.45, 2.75) is 354 Å². The van der Waals surface area contributed by atoms with E-state index in [0.29, 0.717) is 25.7 Å². The van der Waals surface area contributed by atoms with Crippen LogP contribution in [-0.2, 0) is 65.4 Å². The number of aliphatic hydroxyl groups excluding tert-OH is 1. The van der Waals surface area contributed by atoms with Crippen molar-refractivity contribution in [1.29, 1.82) is 0 Å². The summed E-state index contributed by atoms with van der Waals surface area (Å²) in [4.78, 5) is 73.0. The standard InChI is InChI=1S/C83H144O17P2/c1-5-9-13-17-21-25-29-33-35-37-38-40-41-45-48-52-56-60-64-68-81(86)94-74-79(100-83(88)70-66-62-58-54-50-46-42-39-36-34-30-26-22-18-14-10-6-2)76-98-102(91,92)96-72-77(84)71-95-101(89,90)97-75-78(99-82(87)69-65-61-57-53-49-44-32-28-24-20-16-12-8-4)73-93-80(85)67-63-59-55-51-47-43-31-27-23-19-15-11-7-3/h9-10,13-14,21-22,25-27,31,33-36,38,40,42,46,77-79,84H,5-8,11-12,15-20,23-24,28-30,32,37,39,41,43-45,47-76H2,1-4H3,(H,89,90)(H,91,92)/b13-9-,14-10-,25-21-,26-22-,31-27-,35-33-,36-34-,40-38-,46-42-. The van der Waals surface area contributed by atoms with Gasteiger partial charge in [-0.15, -0.1) is 0 Å². The zero-order valence-corrected chi connectivity index (χ0v) is 66.0. The topological polar surface area (TPSA) is 237 Å². The molecule has 0 heterocycles. The number of unbranched alkanes of at least 4 members (excludes halogenated alkanes) is 31. The Morgan fingerprint density at radius 2 is 0.510 bits per heavy atom. The van der Waals surface area contributed by atoms with Crippen LogP contribution >= 0.6 is 15.6 Å². The predicted octanol–water partition coefficient (Wildman–Crippen LogP) is 23.3. The van der Waals surface area contributed by atoms with Crippen LogP contribution in [0, 0.1) is 0 Å². The molecule has 588 valence electrons. The summed E-state index contributed by atoms with van der Waals surface area (Å²) in [6.07, 6.45) is 80.6. The van der Waals surface area contributed by atoms with Crippen LogP contribution < -0.4 is 0 Å². The van der Waals surface area contributed by atoms with E-state index < -0.39 is 97.5 Å². The van der Waals surface area contributed by atoms with E-state index in [1.54, 1.807) is 0 Å². The molecular weight excluding hydrogens is 1330 g/mol. The van der Waals surface area contributed by atoms with Gasteiger partial charge in [0.2, 0.25) is 0 Å². The molecule has 3 N–H and O–H groups in total. The summed E-state index contributed by atoms with van der Waals surface area (Å²) in [6.45, 7) is 4.62. The first-order valence-corrected chi connectivity index (χ1v) is 43.1. The second kappa shape index (κ2) is 75.0. The third kappa shape index (κ3) is 74.0. The lowest BCUT2D eigenvalue weighted by molar-refractivity contribution is -0.161. The number of esters is 4. The number of aliphatic hydroxyl groups is 1. The minimum Gasteiger partial charge on any atom is -0.462 e. The number of carbonyl (C=O) groups excluding carboxylic acids is 4. The van der Waals surface area contributed by atoms with Crippen LogP contribution in [0.2, 0.25) is 0 Å². The maximum Gasteiger partial charge on any atom is 0.472 e. The van der Waals surface area contributed by atoms with E-state index in [2.05, 4.69) is 137 Å². The molecule has 0 fully saturated rings. The lowest BCUT2D eigenvalue weighted by atomic mass is 10.0. The summed E-state index contributed by atoms with van der Waals surface area (Å²) in [5.41, 5.74) is 0. The quantitative estimate of drug-likeness (QED) is 0.0169. The zero-order valence-electron chi connectivity index (χ0n) is 64.3. The normalized spacial score (nSPS) is 14.5. The van der Waals surface area contributed by atoms with E-state index >= 15 is 0 Å². The molecule has 0 rings (SSSR count). The summed E-state index contributed by atoms with van der Waals surface area (Å²) in [5.74, 6) is -2.21. The second-order valence-corrected chi connectivity index (χ2v) is 29.5. The Balaban J connectivity index is 5.38. The van der Waals surface area contributed by atoms with Crippen LogP contribution in [0.25, 0.3) is 0 Å². The number of phosphoric acid groups is 2. The van der Waals surface area contributed by atoms with Gasteiger partial charge in [-0.3, -0.25) is 37.3 Å². The van der Waals surface area contributed by atoms with E-state index in [9.17, 15) is 43.2 Å². The van der Waals surface area contributed by atoms with E-state index in [-0.39, 0.29) is 25.7 Å². The van der Waals surface area contributed by atoms with Crippen LogP contribution in [0.15, 0.2) is 109 Å². The predicted molar refractivity (Wildman–Crippen MR) is 418 cm³/mol. The third-order valence-electron chi connectivity index (χ3n) is 16.7. The van der Waals surface area contributed by atoms with Crippen molar-refractivity contribution in [2.75, 3.05) is 39.6 Å². The highest BCUT2D eigenvalue weighted by atomic mass is 31.2. The zero-order chi connectivity index (χ0) is 74.6. The molecule has 0 radical (unpaired) electrons. The number of ether oxygens (including phenoxy) is 4.